The van der Waals surface area contributed by atoms with Crippen LogP contribution in [0.25, 0.3) is 99.5 Å². The van der Waals surface area contributed by atoms with Gasteiger partial charge in [0.25, 0.3) is 0 Å². The lowest BCUT2D eigenvalue weighted by atomic mass is 9.81. The smallest absolute Gasteiger partial charge is 0.0641 e. The second-order valence-electron chi connectivity index (χ2n) is 13.3. The van der Waals surface area contributed by atoms with Crippen LogP contribution in [0.2, 0.25) is 0 Å². The van der Waals surface area contributed by atoms with Crippen LogP contribution in [0.15, 0.2) is 182 Å². The number of benzene rings is 8. The third kappa shape index (κ3) is 3.73. The van der Waals surface area contributed by atoms with Crippen molar-refractivity contribution in [3.05, 3.63) is 182 Å². The quantitative estimate of drug-likeness (QED) is 0.179. The minimum absolute atomic E-state index is 1.15. The van der Waals surface area contributed by atoms with Crippen LogP contribution in [0.4, 0.5) is 0 Å². The van der Waals surface area contributed by atoms with Gasteiger partial charge in [-0.2, -0.15) is 0 Å². The predicted molar refractivity (Wildman–Crippen MR) is 210 cm³/mol. The number of rotatable bonds is 2. The van der Waals surface area contributed by atoms with Gasteiger partial charge >= 0.3 is 0 Å². The Morgan fingerprint density at radius 3 is 1.36 bits per heavy atom. The molecular weight excluding hydrogens is 605 g/mol. The standard InChI is InChI=1S/C48H30N2/c1-2-14-31(15-3-1)49-45-25-13-11-23-42(45)47-46(49)29-28-41-40-22-10-12-24-44(40)50(48(41)47)32-26-27-39-37-20-7-6-18-35(37)33-16-4-5-17-34(33)36-19-8-9-21-38(36)43(39)30-32/h1-30H. The van der Waals surface area contributed by atoms with Gasteiger partial charge in [0.05, 0.1) is 22.1 Å². The zero-order valence-corrected chi connectivity index (χ0v) is 27.2. The molecule has 1 aliphatic rings. The third-order valence-electron chi connectivity index (χ3n) is 10.7. The first-order chi connectivity index (χ1) is 24.8. The first-order valence-electron chi connectivity index (χ1n) is 17.3. The van der Waals surface area contributed by atoms with E-state index in [9.17, 15) is 0 Å². The monoisotopic (exact) mass is 634 g/mol. The highest BCUT2D eigenvalue weighted by Crippen LogP contribution is 2.49. The summed E-state index contributed by atoms with van der Waals surface area (Å²) in [7, 11) is 0. The van der Waals surface area contributed by atoms with E-state index in [0.29, 0.717) is 0 Å². The van der Waals surface area contributed by atoms with Gasteiger partial charge in [-0.25, -0.2) is 0 Å². The van der Waals surface area contributed by atoms with Crippen LogP contribution in [-0.4, -0.2) is 9.13 Å². The van der Waals surface area contributed by atoms with E-state index in [0.717, 1.165) is 11.4 Å². The van der Waals surface area contributed by atoms with Gasteiger partial charge in [-0.05, 0) is 87.0 Å². The fraction of sp³-hybridized carbons (Fsp3) is 0. The minimum Gasteiger partial charge on any atom is -0.309 e. The van der Waals surface area contributed by atoms with Gasteiger partial charge in [-0.15, -0.1) is 0 Å². The van der Waals surface area contributed by atoms with Crippen LogP contribution >= 0.6 is 0 Å². The molecule has 232 valence electrons. The summed E-state index contributed by atoms with van der Waals surface area (Å²) in [5, 5.41) is 5.04. The van der Waals surface area contributed by atoms with Gasteiger partial charge in [0.1, 0.15) is 0 Å². The van der Waals surface area contributed by atoms with E-state index < -0.39 is 0 Å². The first-order valence-corrected chi connectivity index (χ1v) is 17.3. The molecule has 0 unspecified atom stereocenters. The molecule has 50 heavy (non-hydrogen) atoms. The maximum atomic E-state index is 2.51. The molecule has 0 bridgehead atoms. The summed E-state index contributed by atoms with van der Waals surface area (Å²) in [6.07, 6.45) is 0. The SMILES string of the molecule is c1ccc(-n2c3ccccc3c3c2ccc2c4ccccc4n(-c4ccc5c(c4)-c4ccccc4-c4ccccc4-c4ccccc4-5)c23)cc1. The number of para-hydroxylation sites is 3. The van der Waals surface area contributed by atoms with E-state index in [2.05, 4.69) is 191 Å². The minimum atomic E-state index is 1.15. The Bertz CT molecular complexity index is 2970. The Hall–Kier alpha value is -6.64. The zero-order valence-electron chi connectivity index (χ0n) is 27.2. The van der Waals surface area contributed by atoms with E-state index in [1.807, 2.05) is 0 Å². The third-order valence-corrected chi connectivity index (χ3v) is 10.7. The topological polar surface area (TPSA) is 9.86 Å². The molecule has 0 fully saturated rings. The highest BCUT2D eigenvalue weighted by molar-refractivity contribution is 6.26. The van der Waals surface area contributed by atoms with Gasteiger partial charge < -0.3 is 9.13 Å². The van der Waals surface area contributed by atoms with E-state index in [4.69, 9.17) is 0 Å². The summed E-state index contributed by atoms with van der Waals surface area (Å²) in [6, 6.07) is 66.8. The molecule has 2 nitrogen and oxygen atoms in total. The molecule has 10 aromatic rings. The van der Waals surface area contributed by atoms with Crippen LogP contribution in [0.1, 0.15) is 0 Å². The Labute approximate surface area is 289 Å². The highest BCUT2D eigenvalue weighted by Gasteiger charge is 2.24. The summed E-state index contributed by atoms with van der Waals surface area (Å²) in [5.41, 5.74) is 17.2. The van der Waals surface area contributed by atoms with Crippen LogP contribution in [-0.2, 0) is 0 Å². The first kappa shape index (κ1) is 27.3. The van der Waals surface area contributed by atoms with E-state index in [-0.39, 0.29) is 0 Å². The van der Waals surface area contributed by atoms with Crippen molar-refractivity contribution in [1.29, 1.82) is 0 Å². The van der Waals surface area contributed by atoms with E-state index in [1.54, 1.807) is 0 Å². The van der Waals surface area contributed by atoms with Crippen molar-refractivity contribution in [1.82, 2.24) is 9.13 Å². The average molecular weight is 635 g/mol. The van der Waals surface area contributed by atoms with Crippen molar-refractivity contribution >= 4 is 43.6 Å². The summed E-state index contributed by atoms with van der Waals surface area (Å²) in [5.74, 6) is 0. The maximum Gasteiger partial charge on any atom is 0.0641 e. The molecule has 0 saturated heterocycles. The molecule has 0 saturated carbocycles. The molecular formula is C48H30N2. The Morgan fingerprint density at radius 2 is 0.740 bits per heavy atom. The molecule has 1 aliphatic carbocycles. The highest BCUT2D eigenvalue weighted by atomic mass is 15.0. The second-order valence-corrected chi connectivity index (χ2v) is 13.3. The molecule has 8 aromatic carbocycles. The second kappa shape index (κ2) is 10.4. The fourth-order valence-electron chi connectivity index (χ4n) is 8.62. The molecule has 11 rings (SSSR count). The molecule has 0 radical (unpaired) electrons. The maximum absolute atomic E-state index is 2.51. The van der Waals surface area contributed by atoms with Gasteiger partial charge in [-0.1, -0.05) is 140 Å². The lowest BCUT2D eigenvalue weighted by molar-refractivity contribution is 1.17. The Balaban J connectivity index is 1.28. The number of fused-ring (bicyclic) bond motifs is 15. The molecule has 0 spiro atoms. The number of aromatic nitrogens is 2. The van der Waals surface area contributed by atoms with Crippen LogP contribution in [0.5, 0.6) is 0 Å². The van der Waals surface area contributed by atoms with Crippen molar-refractivity contribution in [2.75, 3.05) is 0 Å². The molecule has 0 aliphatic heterocycles. The Morgan fingerprint density at radius 1 is 0.260 bits per heavy atom. The summed E-state index contributed by atoms with van der Waals surface area (Å²) >= 11 is 0. The molecule has 0 N–H and O–H groups in total. The normalized spacial score (nSPS) is 12.0. The average Bonchev–Trinajstić information content (AvgIpc) is 3.70. The lowest BCUT2D eigenvalue weighted by Crippen LogP contribution is -2.00. The summed E-state index contributed by atoms with van der Waals surface area (Å²) < 4.78 is 4.92. The summed E-state index contributed by atoms with van der Waals surface area (Å²) in [4.78, 5) is 0. The van der Waals surface area contributed by atoms with Gasteiger partial charge in [0.15, 0.2) is 0 Å². The van der Waals surface area contributed by atoms with Crippen molar-refractivity contribution in [2.24, 2.45) is 0 Å². The molecule has 0 amide bonds. The number of hydrogen-bond acceptors (Lipinski definition) is 0. The van der Waals surface area contributed by atoms with Crippen molar-refractivity contribution in [3.63, 3.8) is 0 Å². The fourth-order valence-corrected chi connectivity index (χ4v) is 8.62. The van der Waals surface area contributed by atoms with Gasteiger partial charge in [0, 0.05) is 32.9 Å². The van der Waals surface area contributed by atoms with Crippen molar-refractivity contribution in [2.45, 2.75) is 0 Å². The van der Waals surface area contributed by atoms with Gasteiger partial charge in [-0.3, -0.25) is 0 Å². The predicted octanol–water partition coefficient (Wildman–Crippen LogP) is 12.9. The van der Waals surface area contributed by atoms with Crippen molar-refractivity contribution in [3.8, 4) is 55.9 Å². The number of hydrogen-bond donors (Lipinski definition) is 0. The van der Waals surface area contributed by atoms with Crippen molar-refractivity contribution < 1.29 is 0 Å². The van der Waals surface area contributed by atoms with Crippen LogP contribution in [0, 0.1) is 0 Å². The molecule has 0 atom stereocenters. The van der Waals surface area contributed by atoms with E-state index in [1.165, 1.54) is 88.1 Å². The van der Waals surface area contributed by atoms with Crippen LogP contribution in [0.3, 0.4) is 0 Å². The molecule has 2 heteroatoms. The molecule has 2 heterocycles. The Kier molecular flexibility index (Phi) is 5.70. The van der Waals surface area contributed by atoms with Crippen LogP contribution < -0.4 is 0 Å². The number of nitrogens with zero attached hydrogens (tertiary/aromatic N) is 2. The largest absolute Gasteiger partial charge is 0.309 e. The molecule has 2 aromatic heterocycles. The van der Waals surface area contributed by atoms with Gasteiger partial charge in [0.2, 0.25) is 0 Å². The lowest BCUT2D eigenvalue weighted by Gasteiger charge is -2.24. The van der Waals surface area contributed by atoms with E-state index >= 15 is 0 Å². The zero-order chi connectivity index (χ0) is 32.8. The summed E-state index contributed by atoms with van der Waals surface area (Å²) in [6.45, 7) is 0.